The van der Waals surface area contributed by atoms with Crippen LogP contribution in [0.2, 0.25) is 0 Å². The Morgan fingerprint density at radius 3 is 1.35 bits per heavy atom. The first kappa shape index (κ1) is 57.4. The minimum atomic E-state index is -1.26. The second kappa shape index (κ2) is 28.7. The molecule has 15 nitrogen and oxygen atoms in total. The minimum absolute atomic E-state index is 0.0788. The fraction of sp³-hybridized carbons (Fsp3) is 0.313. The molecule has 0 N–H and O–H groups in total. The highest BCUT2D eigenvalue weighted by Crippen LogP contribution is 2.41. The molecule has 3 heterocycles. The van der Waals surface area contributed by atoms with Crippen molar-refractivity contribution >= 4 is 11.9 Å². The molecule has 424 valence electrons. The lowest BCUT2D eigenvalue weighted by Gasteiger charge is -2.50. The third-order valence-electron chi connectivity index (χ3n) is 14.4. The van der Waals surface area contributed by atoms with Crippen LogP contribution in [0.3, 0.4) is 0 Å². The van der Waals surface area contributed by atoms with Crippen molar-refractivity contribution in [1.82, 2.24) is 10.2 Å². The molecule has 1 aromatic heterocycles. The maximum atomic E-state index is 13.6. The monoisotopic (exact) mass is 1110 g/mol. The fourth-order valence-corrected chi connectivity index (χ4v) is 10.2. The average molecular weight is 1110 g/mol. The molecule has 82 heavy (non-hydrogen) atoms. The zero-order valence-electron chi connectivity index (χ0n) is 46.2. The number of ether oxygens (including phenoxy) is 10. The number of hydrogen-bond donors (Lipinski definition) is 0. The van der Waals surface area contributed by atoms with Crippen molar-refractivity contribution in [1.29, 1.82) is 0 Å². The molecule has 10 rings (SSSR count). The van der Waals surface area contributed by atoms with Gasteiger partial charge in [0.15, 0.2) is 0 Å². The summed E-state index contributed by atoms with van der Waals surface area (Å²) < 4.78 is 74.1. The number of benzene rings is 7. The number of rotatable bonds is 25. The lowest BCUT2D eigenvalue weighted by molar-refractivity contribution is -0.327. The van der Waals surface area contributed by atoms with Crippen molar-refractivity contribution in [3.63, 3.8) is 0 Å². The van der Waals surface area contributed by atoms with Crippen molar-refractivity contribution in [2.24, 2.45) is 5.92 Å². The van der Waals surface area contributed by atoms with Gasteiger partial charge >= 0.3 is 11.9 Å². The molecule has 0 unspecified atom stereocenters. The van der Waals surface area contributed by atoms with E-state index < -0.39 is 73.2 Å². The molecule has 8 aromatic rings. The molecular weight excluding hydrogens is 1040 g/mol. The highest BCUT2D eigenvalue weighted by molar-refractivity contribution is 5.69. The van der Waals surface area contributed by atoms with E-state index in [1.165, 1.54) is 6.92 Å². The van der Waals surface area contributed by atoms with Crippen LogP contribution in [-0.4, -0.2) is 84.1 Å². The maximum Gasteiger partial charge on any atom is 0.307 e. The summed E-state index contributed by atoms with van der Waals surface area (Å²) in [4.78, 5) is 26.4. The van der Waals surface area contributed by atoms with Crippen molar-refractivity contribution in [3.05, 3.63) is 234 Å². The first-order valence-corrected chi connectivity index (χ1v) is 27.8. The Bertz CT molecular complexity index is 3190. The van der Waals surface area contributed by atoms with Crippen LogP contribution in [0.25, 0.3) is 22.6 Å². The Morgan fingerprint density at radius 2 is 0.890 bits per heavy atom. The fourth-order valence-electron chi connectivity index (χ4n) is 10.2. The Morgan fingerprint density at radius 1 is 0.463 bits per heavy atom. The third-order valence-corrected chi connectivity index (χ3v) is 14.4. The van der Waals surface area contributed by atoms with Crippen molar-refractivity contribution < 1.29 is 61.4 Å². The largest absolute Gasteiger partial charge is 0.463 e. The van der Waals surface area contributed by atoms with Gasteiger partial charge in [-0.05, 0) is 69.6 Å². The molecule has 0 saturated carbocycles. The van der Waals surface area contributed by atoms with E-state index in [4.69, 9.17) is 51.8 Å². The van der Waals surface area contributed by atoms with Gasteiger partial charge in [0.05, 0.1) is 45.2 Å². The van der Waals surface area contributed by atoms with Gasteiger partial charge in [-0.15, -0.1) is 10.2 Å². The van der Waals surface area contributed by atoms with Gasteiger partial charge < -0.3 is 51.8 Å². The van der Waals surface area contributed by atoms with Crippen LogP contribution in [0.1, 0.15) is 60.4 Å². The number of aryl methyl sites for hydroxylation is 1. The number of carbonyl (C=O) groups is 2. The van der Waals surface area contributed by atoms with Gasteiger partial charge in [-0.3, -0.25) is 9.59 Å². The zero-order chi connectivity index (χ0) is 56.5. The van der Waals surface area contributed by atoms with E-state index in [9.17, 15) is 9.59 Å². The average Bonchev–Trinajstić information content (AvgIpc) is 4.00. The molecule has 2 aliphatic heterocycles. The summed E-state index contributed by atoms with van der Waals surface area (Å²) in [7, 11) is 0. The molecule has 7 aromatic carbocycles. The SMILES string of the molecule is CCC(=O)O[C@H]1O[C@H](C[C@@H]2[C@H](OCc3ccccc3)[C@@H](Oc3ccc(-c4ccc(-c5nnc(C)o5)cc4)cc3)O[C@H](COC(C)=O)[C@H]2OCc2ccccc2)[C@@H](OCc2ccccc2)[C@@H](OCc2ccccc2)[C@H]1OCc1ccccc1. The summed E-state index contributed by atoms with van der Waals surface area (Å²) in [5, 5.41) is 8.14. The molecule has 15 heteroatoms. The molecule has 0 amide bonds. The molecule has 0 radical (unpaired) electrons. The van der Waals surface area contributed by atoms with Gasteiger partial charge in [0.1, 0.15) is 42.9 Å². The zero-order valence-corrected chi connectivity index (χ0v) is 46.2. The second-order valence-electron chi connectivity index (χ2n) is 20.3. The predicted octanol–water partition coefficient (Wildman–Crippen LogP) is 12.0. The quantitative estimate of drug-likeness (QED) is 0.0496. The van der Waals surface area contributed by atoms with E-state index in [1.807, 2.05) is 200 Å². The van der Waals surface area contributed by atoms with Crippen LogP contribution >= 0.6 is 0 Å². The summed E-state index contributed by atoms with van der Waals surface area (Å²) in [5.74, 6) is -0.227. The van der Waals surface area contributed by atoms with Crippen molar-refractivity contribution in [3.8, 4) is 28.3 Å². The summed E-state index contributed by atoms with van der Waals surface area (Å²) in [6.45, 7) is 5.52. The lowest BCUT2D eigenvalue weighted by atomic mass is 9.81. The molecule has 2 aliphatic rings. The standard InChI is InChI=1S/C67H68N2O13/c1-4-59(71)82-67-64(77-43-51-28-18-9-19-29-51)63(76-42-50-26-16-8-17-27-50)62(75-41-49-24-14-7-15-25-49)57(80-67)38-56-60(73-39-47-20-10-5-11-21-47)58(44-72-46(3)70)81-66(61(56)74-40-48-22-12-6-13-23-48)79-55-36-34-53(35-37-55)52-30-32-54(33-31-52)65-69-68-45(2)78-65/h5-37,56-58,60-64,66-67H,4,38-44H2,1-3H3/t56-,57+,58+,60-,61-,62+,63+,64+,66-,67+/m0/s1. The minimum Gasteiger partial charge on any atom is -0.463 e. The second-order valence-corrected chi connectivity index (χ2v) is 20.3. The Balaban J connectivity index is 1.05. The Labute approximate surface area is 478 Å². The van der Waals surface area contributed by atoms with E-state index in [-0.39, 0.29) is 52.5 Å². The van der Waals surface area contributed by atoms with E-state index in [2.05, 4.69) is 10.2 Å². The first-order chi connectivity index (χ1) is 40.2. The predicted molar refractivity (Wildman–Crippen MR) is 304 cm³/mol. The summed E-state index contributed by atoms with van der Waals surface area (Å²) >= 11 is 0. The number of hydrogen-bond acceptors (Lipinski definition) is 15. The van der Waals surface area contributed by atoms with Gasteiger partial charge in [-0.1, -0.05) is 183 Å². The first-order valence-electron chi connectivity index (χ1n) is 27.8. The third kappa shape index (κ3) is 15.6. The van der Waals surface area contributed by atoms with E-state index in [0.29, 0.717) is 17.5 Å². The maximum absolute atomic E-state index is 13.6. The molecular formula is C67H68N2O13. The van der Waals surface area contributed by atoms with Gasteiger partial charge in [-0.25, -0.2) is 0 Å². The van der Waals surface area contributed by atoms with E-state index >= 15 is 0 Å². The molecule has 2 fully saturated rings. The molecule has 0 bridgehead atoms. The molecule has 10 atom stereocenters. The highest BCUT2D eigenvalue weighted by Gasteiger charge is 2.55. The number of esters is 2. The summed E-state index contributed by atoms with van der Waals surface area (Å²) in [6.07, 6.45) is -8.36. The molecule has 0 aliphatic carbocycles. The highest BCUT2D eigenvalue weighted by atomic mass is 16.7. The van der Waals surface area contributed by atoms with Crippen LogP contribution in [0.5, 0.6) is 5.75 Å². The van der Waals surface area contributed by atoms with Gasteiger partial charge in [0.25, 0.3) is 0 Å². The van der Waals surface area contributed by atoms with Crippen molar-refractivity contribution in [2.45, 2.75) is 122 Å². The van der Waals surface area contributed by atoms with E-state index in [1.54, 1.807) is 13.8 Å². The Kier molecular flexibility index (Phi) is 20.1. The topological polar surface area (TPSA) is 165 Å². The molecule has 2 saturated heterocycles. The van der Waals surface area contributed by atoms with Crippen LogP contribution in [0.4, 0.5) is 0 Å². The van der Waals surface area contributed by atoms with Crippen molar-refractivity contribution in [2.75, 3.05) is 6.61 Å². The lowest BCUT2D eigenvalue weighted by Crippen LogP contribution is -2.64. The van der Waals surface area contributed by atoms with E-state index in [0.717, 1.165) is 44.5 Å². The number of carbonyl (C=O) groups excluding carboxylic acids is 2. The van der Waals surface area contributed by atoms with Gasteiger partial charge in [0, 0.05) is 31.7 Å². The summed E-state index contributed by atoms with van der Waals surface area (Å²) in [5.41, 5.74) is 7.25. The number of aromatic nitrogens is 2. The Hall–Kier alpha value is -7.86. The van der Waals surface area contributed by atoms with Crippen LogP contribution in [-0.2, 0) is 85.3 Å². The van der Waals surface area contributed by atoms with Crippen LogP contribution < -0.4 is 4.74 Å². The molecule has 0 spiro atoms. The smallest absolute Gasteiger partial charge is 0.307 e. The van der Waals surface area contributed by atoms with Gasteiger partial charge in [-0.2, -0.15) is 0 Å². The number of nitrogens with zero attached hydrogens (tertiary/aromatic N) is 2. The van der Waals surface area contributed by atoms with Crippen LogP contribution in [0, 0.1) is 12.8 Å². The van der Waals surface area contributed by atoms with Crippen LogP contribution in [0.15, 0.2) is 205 Å². The summed E-state index contributed by atoms with van der Waals surface area (Å²) in [6, 6.07) is 64.7. The normalized spacial score (nSPS) is 22.5. The van der Waals surface area contributed by atoms with Gasteiger partial charge in [0.2, 0.25) is 24.4 Å².